The number of hydrogen-bond donors (Lipinski definition) is 0. The molecule has 1 fully saturated rings. The van der Waals surface area contributed by atoms with E-state index in [1.807, 2.05) is 18.2 Å². The van der Waals surface area contributed by atoms with Gasteiger partial charge in [-0.2, -0.15) is 10.5 Å². The maximum atomic E-state index is 13.5. The number of likely N-dealkylation sites (tertiary alicyclic amines) is 1. The molecule has 0 aliphatic carbocycles. The summed E-state index contributed by atoms with van der Waals surface area (Å²) < 4.78 is 13.5. The fourth-order valence-corrected chi connectivity index (χ4v) is 3.16. The lowest BCUT2D eigenvalue weighted by molar-refractivity contribution is 0.0787. The second-order valence-electron chi connectivity index (χ2n) is 6.26. The fourth-order valence-electron chi connectivity index (χ4n) is 3.16. The van der Waals surface area contributed by atoms with Crippen LogP contribution < -0.4 is 4.90 Å². The monoisotopic (exact) mass is 348 g/mol. The number of carbonyl (C=O) groups excluding carboxylic acids is 1. The third-order valence-electron chi connectivity index (χ3n) is 4.54. The van der Waals surface area contributed by atoms with E-state index >= 15 is 0 Å². The van der Waals surface area contributed by atoms with Crippen LogP contribution in [-0.2, 0) is 0 Å². The smallest absolute Gasteiger partial charge is 0.253 e. The average molecular weight is 348 g/mol. The van der Waals surface area contributed by atoms with Gasteiger partial charge in [-0.05, 0) is 42.7 Å². The molecule has 1 aliphatic heterocycles. The van der Waals surface area contributed by atoms with Gasteiger partial charge >= 0.3 is 0 Å². The molecule has 0 bridgehead atoms. The van der Waals surface area contributed by atoms with E-state index < -0.39 is 5.82 Å². The molecule has 5 nitrogen and oxygen atoms in total. The maximum absolute atomic E-state index is 13.5. The van der Waals surface area contributed by atoms with Gasteiger partial charge in [-0.1, -0.05) is 18.2 Å². The lowest BCUT2D eigenvalue weighted by Gasteiger charge is -2.21. The first-order valence-electron chi connectivity index (χ1n) is 8.33. The SMILES string of the molecule is N#Cc1cc(N(C#N)C[C@H]2CCN(C(=O)c3ccccc3)C2)ccc1F. The number of hydrogen-bond acceptors (Lipinski definition) is 4. The Balaban J connectivity index is 1.67. The average Bonchev–Trinajstić information content (AvgIpc) is 3.15. The zero-order valence-electron chi connectivity index (χ0n) is 14.1. The Hall–Kier alpha value is -3.38. The molecule has 1 aliphatic rings. The van der Waals surface area contributed by atoms with Gasteiger partial charge in [0.25, 0.3) is 5.91 Å². The van der Waals surface area contributed by atoms with Crippen molar-refractivity contribution in [1.29, 1.82) is 10.5 Å². The summed E-state index contributed by atoms with van der Waals surface area (Å²) in [6, 6.07) is 15.0. The number of rotatable bonds is 4. The molecule has 130 valence electrons. The molecule has 2 aromatic carbocycles. The molecule has 0 spiro atoms. The van der Waals surface area contributed by atoms with Crippen LogP contribution in [0.2, 0.25) is 0 Å². The number of benzene rings is 2. The highest BCUT2D eigenvalue weighted by atomic mass is 19.1. The number of anilines is 1. The van der Waals surface area contributed by atoms with Crippen molar-refractivity contribution >= 4 is 11.6 Å². The van der Waals surface area contributed by atoms with Gasteiger partial charge in [0.05, 0.1) is 11.3 Å². The van der Waals surface area contributed by atoms with Crippen molar-refractivity contribution < 1.29 is 9.18 Å². The van der Waals surface area contributed by atoms with Crippen LogP contribution in [0.5, 0.6) is 0 Å². The van der Waals surface area contributed by atoms with Crippen molar-refractivity contribution in [2.45, 2.75) is 6.42 Å². The van der Waals surface area contributed by atoms with E-state index in [0.717, 1.165) is 6.42 Å². The van der Waals surface area contributed by atoms with Crippen molar-refractivity contribution in [3.05, 3.63) is 65.5 Å². The largest absolute Gasteiger partial charge is 0.338 e. The summed E-state index contributed by atoms with van der Waals surface area (Å²) in [5.41, 5.74) is 1.05. The highest BCUT2D eigenvalue weighted by Gasteiger charge is 2.28. The van der Waals surface area contributed by atoms with E-state index in [0.29, 0.717) is 30.9 Å². The minimum absolute atomic E-state index is 0.00911. The van der Waals surface area contributed by atoms with E-state index in [1.165, 1.54) is 23.1 Å². The van der Waals surface area contributed by atoms with E-state index in [2.05, 4.69) is 6.19 Å². The Morgan fingerprint density at radius 2 is 2.00 bits per heavy atom. The maximum Gasteiger partial charge on any atom is 0.253 e. The van der Waals surface area contributed by atoms with Crippen molar-refractivity contribution in [3.8, 4) is 12.3 Å². The Morgan fingerprint density at radius 1 is 1.23 bits per heavy atom. The standard InChI is InChI=1S/C20H17FN4O/c21-19-7-6-18(10-17(19)11-22)25(14-23)13-15-8-9-24(12-15)20(26)16-4-2-1-3-5-16/h1-7,10,15H,8-9,12-13H2/t15-/m0/s1. The van der Waals surface area contributed by atoms with Gasteiger partial charge < -0.3 is 4.90 Å². The summed E-state index contributed by atoms with van der Waals surface area (Å²) in [5, 5.41) is 18.4. The first-order valence-corrected chi connectivity index (χ1v) is 8.33. The molecule has 26 heavy (non-hydrogen) atoms. The molecule has 0 saturated carbocycles. The lowest BCUT2D eigenvalue weighted by atomic mass is 10.1. The molecule has 1 amide bonds. The van der Waals surface area contributed by atoms with Crippen LogP contribution >= 0.6 is 0 Å². The lowest BCUT2D eigenvalue weighted by Crippen LogP contribution is -2.31. The predicted molar refractivity (Wildman–Crippen MR) is 94.5 cm³/mol. The number of amides is 1. The Bertz CT molecular complexity index is 885. The molecule has 0 aromatic heterocycles. The van der Waals surface area contributed by atoms with E-state index in [4.69, 9.17) is 5.26 Å². The van der Waals surface area contributed by atoms with E-state index in [-0.39, 0.29) is 17.4 Å². The topological polar surface area (TPSA) is 71.1 Å². The number of halogens is 1. The zero-order chi connectivity index (χ0) is 18.5. The minimum atomic E-state index is -0.602. The van der Waals surface area contributed by atoms with Gasteiger partial charge in [0.2, 0.25) is 0 Å². The Labute approximate surface area is 151 Å². The van der Waals surface area contributed by atoms with Crippen LogP contribution in [0.15, 0.2) is 48.5 Å². The van der Waals surface area contributed by atoms with Crippen molar-refractivity contribution in [3.63, 3.8) is 0 Å². The Kier molecular flexibility index (Phi) is 5.15. The van der Waals surface area contributed by atoms with Crippen LogP contribution in [-0.4, -0.2) is 30.4 Å². The normalized spacial score (nSPS) is 16.0. The number of nitriles is 2. The summed E-state index contributed by atoms with van der Waals surface area (Å²) in [5.74, 6) is -0.474. The van der Waals surface area contributed by atoms with Gasteiger partial charge in [0.15, 0.2) is 6.19 Å². The van der Waals surface area contributed by atoms with Crippen LogP contribution in [0.1, 0.15) is 22.3 Å². The summed E-state index contributed by atoms with van der Waals surface area (Å²) >= 11 is 0. The molecule has 2 aromatic rings. The van der Waals surface area contributed by atoms with E-state index in [9.17, 15) is 14.4 Å². The molecule has 0 N–H and O–H groups in total. The van der Waals surface area contributed by atoms with Crippen molar-refractivity contribution in [1.82, 2.24) is 4.90 Å². The Morgan fingerprint density at radius 3 is 2.69 bits per heavy atom. The third-order valence-corrected chi connectivity index (χ3v) is 4.54. The molecular formula is C20H17FN4O. The van der Waals surface area contributed by atoms with Gasteiger partial charge in [0.1, 0.15) is 11.9 Å². The first kappa shape index (κ1) is 17.4. The predicted octanol–water partition coefficient (Wildman–Crippen LogP) is 3.15. The second kappa shape index (κ2) is 7.67. The molecule has 1 saturated heterocycles. The van der Waals surface area contributed by atoms with Crippen LogP contribution in [0.4, 0.5) is 10.1 Å². The molecular weight excluding hydrogens is 331 g/mol. The second-order valence-corrected chi connectivity index (χ2v) is 6.26. The number of carbonyl (C=O) groups is 1. The highest BCUT2D eigenvalue weighted by molar-refractivity contribution is 5.94. The van der Waals surface area contributed by atoms with Crippen LogP contribution in [0.25, 0.3) is 0 Å². The number of nitrogens with zero attached hydrogens (tertiary/aromatic N) is 4. The van der Waals surface area contributed by atoms with Crippen molar-refractivity contribution in [2.24, 2.45) is 5.92 Å². The van der Waals surface area contributed by atoms with Gasteiger partial charge in [0, 0.05) is 25.2 Å². The van der Waals surface area contributed by atoms with Crippen LogP contribution in [0, 0.1) is 34.5 Å². The minimum Gasteiger partial charge on any atom is -0.338 e. The summed E-state index contributed by atoms with van der Waals surface area (Å²) in [7, 11) is 0. The summed E-state index contributed by atoms with van der Waals surface area (Å²) in [6.07, 6.45) is 2.88. The molecule has 6 heteroatoms. The summed E-state index contributed by atoms with van der Waals surface area (Å²) in [6.45, 7) is 1.63. The first-order chi connectivity index (χ1) is 12.6. The quantitative estimate of drug-likeness (QED) is 0.629. The van der Waals surface area contributed by atoms with Gasteiger partial charge in [-0.15, -0.1) is 0 Å². The molecule has 0 radical (unpaired) electrons. The van der Waals surface area contributed by atoms with Gasteiger partial charge in [-0.25, -0.2) is 4.39 Å². The molecule has 1 heterocycles. The summed E-state index contributed by atoms with van der Waals surface area (Å²) in [4.78, 5) is 15.7. The zero-order valence-corrected chi connectivity index (χ0v) is 14.1. The molecule has 3 rings (SSSR count). The van der Waals surface area contributed by atoms with Crippen molar-refractivity contribution in [2.75, 3.05) is 24.5 Å². The highest BCUT2D eigenvalue weighted by Crippen LogP contribution is 2.24. The van der Waals surface area contributed by atoms with Crippen LogP contribution in [0.3, 0.4) is 0 Å². The van der Waals surface area contributed by atoms with Gasteiger partial charge in [-0.3, -0.25) is 9.69 Å². The van der Waals surface area contributed by atoms with E-state index in [1.54, 1.807) is 23.1 Å². The molecule has 1 atom stereocenters. The molecule has 0 unspecified atom stereocenters. The third kappa shape index (κ3) is 3.65. The fraction of sp³-hybridized carbons (Fsp3) is 0.250.